The van der Waals surface area contributed by atoms with E-state index in [1.54, 1.807) is 34.9 Å². The van der Waals surface area contributed by atoms with E-state index in [0.717, 1.165) is 37.6 Å². The Morgan fingerprint density at radius 3 is 2.63 bits per heavy atom. The number of aromatic nitrogens is 3. The molecule has 0 radical (unpaired) electrons. The van der Waals surface area contributed by atoms with E-state index in [1.165, 1.54) is 18.2 Å². The average molecular weight is 500 g/mol. The fraction of sp³-hybridized carbons (Fsp3) is 0.360. The highest BCUT2D eigenvalue weighted by atomic mass is 32.2. The van der Waals surface area contributed by atoms with Crippen LogP contribution in [0.3, 0.4) is 0 Å². The van der Waals surface area contributed by atoms with Gasteiger partial charge in [0.2, 0.25) is 11.8 Å². The molecule has 7 nitrogen and oxygen atoms in total. The van der Waals surface area contributed by atoms with Crippen molar-refractivity contribution < 1.29 is 18.4 Å². The molecule has 35 heavy (non-hydrogen) atoms. The number of rotatable bonds is 9. The van der Waals surface area contributed by atoms with Crippen LogP contribution in [-0.2, 0) is 9.59 Å². The van der Waals surface area contributed by atoms with Crippen molar-refractivity contribution in [3.63, 3.8) is 0 Å². The Morgan fingerprint density at radius 2 is 1.83 bits per heavy atom. The van der Waals surface area contributed by atoms with Crippen molar-refractivity contribution in [2.45, 2.75) is 37.3 Å². The molecule has 1 aliphatic rings. The highest BCUT2D eigenvalue weighted by Gasteiger charge is 2.20. The summed E-state index contributed by atoms with van der Waals surface area (Å²) in [6.45, 7) is 1.89. The van der Waals surface area contributed by atoms with Crippen molar-refractivity contribution in [1.82, 2.24) is 25.0 Å². The van der Waals surface area contributed by atoms with E-state index < -0.39 is 11.6 Å². The highest BCUT2D eigenvalue weighted by molar-refractivity contribution is 7.99. The lowest BCUT2D eigenvalue weighted by molar-refractivity contribution is -0.130. The Morgan fingerprint density at radius 1 is 1.03 bits per heavy atom. The quantitative estimate of drug-likeness (QED) is 0.352. The van der Waals surface area contributed by atoms with Crippen molar-refractivity contribution in [2.75, 3.05) is 25.4 Å². The normalized spacial score (nSPS) is 14.1. The number of hydrogen-bond acceptors (Lipinski definition) is 5. The van der Waals surface area contributed by atoms with E-state index >= 15 is 0 Å². The van der Waals surface area contributed by atoms with E-state index in [9.17, 15) is 18.4 Å². The van der Waals surface area contributed by atoms with Crippen molar-refractivity contribution in [3.05, 3.63) is 60.2 Å². The number of benzene rings is 2. The summed E-state index contributed by atoms with van der Waals surface area (Å²) >= 11 is 1.16. The maximum Gasteiger partial charge on any atom is 0.230 e. The number of halogens is 2. The molecule has 1 saturated heterocycles. The molecule has 4 rings (SSSR count). The Bertz CT molecular complexity index is 1170. The molecule has 0 spiro atoms. The van der Waals surface area contributed by atoms with E-state index in [-0.39, 0.29) is 29.0 Å². The highest BCUT2D eigenvalue weighted by Crippen LogP contribution is 2.29. The van der Waals surface area contributed by atoms with Crippen molar-refractivity contribution >= 4 is 23.6 Å². The Labute approximate surface area is 206 Å². The molecule has 2 amide bonds. The number of nitrogens with zero attached hydrogens (tertiary/aromatic N) is 4. The first-order chi connectivity index (χ1) is 17.0. The zero-order chi connectivity index (χ0) is 24.6. The summed E-state index contributed by atoms with van der Waals surface area (Å²) < 4.78 is 29.6. The number of carbonyl (C=O) groups excluding carboxylic acids is 2. The summed E-state index contributed by atoms with van der Waals surface area (Å²) in [5.74, 6) is -0.502. The van der Waals surface area contributed by atoms with Gasteiger partial charge in [0.1, 0.15) is 11.6 Å². The lowest BCUT2D eigenvalue weighted by Crippen LogP contribution is -2.34. The van der Waals surface area contributed by atoms with Gasteiger partial charge in [-0.1, -0.05) is 30.3 Å². The second-order valence-electron chi connectivity index (χ2n) is 8.28. The van der Waals surface area contributed by atoms with Gasteiger partial charge in [-0.15, -0.1) is 10.2 Å². The fourth-order valence-corrected chi connectivity index (χ4v) is 4.74. The van der Waals surface area contributed by atoms with Crippen LogP contribution in [0.4, 0.5) is 8.78 Å². The third-order valence-corrected chi connectivity index (χ3v) is 6.69. The lowest BCUT2D eigenvalue weighted by atomic mass is 10.2. The van der Waals surface area contributed by atoms with Gasteiger partial charge < -0.3 is 10.2 Å². The minimum Gasteiger partial charge on any atom is -0.355 e. The Balaban J connectivity index is 1.39. The van der Waals surface area contributed by atoms with Crippen LogP contribution < -0.4 is 5.32 Å². The van der Waals surface area contributed by atoms with Gasteiger partial charge in [0.15, 0.2) is 11.0 Å². The second kappa shape index (κ2) is 11.9. The SMILES string of the molecule is O=C(CSc1nnc(-c2ccccc2F)n1-c1ccc(F)cc1)NCCCN1CCCCCC1=O. The smallest absolute Gasteiger partial charge is 0.230 e. The summed E-state index contributed by atoms with van der Waals surface area (Å²) in [6, 6.07) is 11.9. The van der Waals surface area contributed by atoms with Gasteiger partial charge in [-0.2, -0.15) is 0 Å². The lowest BCUT2D eigenvalue weighted by Gasteiger charge is -2.20. The van der Waals surface area contributed by atoms with Crippen molar-refractivity contribution in [3.8, 4) is 17.1 Å². The van der Waals surface area contributed by atoms with Gasteiger partial charge in [-0.05, 0) is 55.7 Å². The van der Waals surface area contributed by atoms with Crippen LogP contribution in [0.15, 0.2) is 53.7 Å². The third kappa shape index (κ3) is 6.45. The van der Waals surface area contributed by atoms with Gasteiger partial charge >= 0.3 is 0 Å². The monoisotopic (exact) mass is 499 g/mol. The van der Waals surface area contributed by atoms with E-state index in [2.05, 4.69) is 15.5 Å². The van der Waals surface area contributed by atoms with Crippen LogP contribution >= 0.6 is 11.8 Å². The number of likely N-dealkylation sites (tertiary alicyclic amines) is 1. The number of nitrogens with one attached hydrogen (secondary N) is 1. The molecule has 10 heteroatoms. The molecular weight excluding hydrogens is 472 g/mol. The summed E-state index contributed by atoms with van der Waals surface area (Å²) in [4.78, 5) is 26.4. The molecule has 2 heterocycles. The number of thioether (sulfide) groups is 1. The minimum absolute atomic E-state index is 0.0826. The molecule has 0 atom stereocenters. The third-order valence-electron chi connectivity index (χ3n) is 5.76. The van der Waals surface area contributed by atoms with Gasteiger partial charge in [-0.25, -0.2) is 8.78 Å². The maximum atomic E-state index is 14.5. The Kier molecular flexibility index (Phi) is 8.46. The van der Waals surface area contributed by atoms with Gasteiger partial charge in [0, 0.05) is 31.7 Å². The van der Waals surface area contributed by atoms with Crippen molar-refractivity contribution in [1.29, 1.82) is 0 Å². The fourth-order valence-electron chi connectivity index (χ4n) is 3.96. The number of carbonyl (C=O) groups is 2. The molecule has 0 unspecified atom stereocenters. The molecule has 184 valence electrons. The topological polar surface area (TPSA) is 80.1 Å². The van der Waals surface area contributed by atoms with Gasteiger partial charge in [-0.3, -0.25) is 14.2 Å². The molecule has 1 N–H and O–H groups in total. The molecule has 0 aliphatic carbocycles. The molecular formula is C25H27F2N5O2S. The summed E-state index contributed by atoms with van der Waals surface area (Å²) in [5.41, 5.74) is 0.809. The first kappa shape index (κ1) is 24.8. The van der Waals surface area contributed by atoms with Crippen LogP contribution in [0.25, 0.3) is 17.1 Å². The minimum atomic E-state index is -0.458. The largest absolute Gasteiger partial charge is 0.355 e. The van der Waals surface area contributed by atoms with Crippen LogP contribution in [0.2, 0.25) is 0 Å². The van der Waals surface area contributed by atoms with Crippen LogP contribution in [0.5, 0.6) is 0 Å². The molecule has 1 fully saturated rings. The second-order valence-corrected chi connectivity index (χ2v) is 9.22. The number of hydrogen-bond donors (Lipinski definition) is 1. The predicted octanol–water partition coefficient (Wildman–Crippen LogP) is 4.21. The maximum absolute atomic E-state index is 14.5. The average Bonchev–Trinajstić information content (AvgIpc) is 3.16. The Hall–Kier alpha value is -3.27. The molecule has 0 bridgehead atoms. The number of amides is 2. The molecule has 3 aromatic rings. The first-order valence-electron chi connectivity index (χ1n) is 11.7. The summed E-state index contributed by atoms with van der Waals surface area (Å²) in [5, 5.41) is 11.6. The van der Waals surface area contributed by atoms with Gasteiger partial charge in [0.05, 0.1) is 11.3 Å². The summed E-state index contributed by atoms with van der Waals surface area (Å²) in [6.07, 6.45) is 4.35. The van der Waals surface area contributed by atoms with Crippen LogP contribution in [-0.4, -0.2) is 56.9 Å². The zero-order valence-electron chi connectivity index (χ0n) is 19.3. The van der Waals surface area contributed by atoms with E-state index in [4.69, 9.17) is 0 Å². The molecule has 0 saturated carbocycles. The van der Waals surface area contributed by atoms with Crippen molar-refractivity contribution in [2.24, 2.45) is 0 Å². The van der Waals surface area contributed by atoms with E-state index in [0.29, 0.717) is 36.8 Å². The first-order valence-corrected chi connectivity index (χ1v) is 12.6. The predicted molar refractivity (Wildman–Crippen MR) is 130 cm³/mol. The summed E-state index contributed by atoms with van der Waals surface area (Å²) in [7, 11) is 0. The van der Waals surface area contributed by atoms with Gasteiger partial charge in [0.25, 0.3) is 0 Å². The molecule has 1 aromatic heterocycles. The van der Waals surface area contributed by atoms with Crippen LogP contribution in [0.1, 0.15) is 32.1 Å². The van der Waals surface area contributed by atoms with Crippen LogP contribution in [0, 0.1) is 11.6 Å². The van der Waals surface area contributed by atoms with E-state index in [1.807, 2.05) is 4.90 Å². The molecule has 2 aromatic carbocycles. The molecule has 1 aliphatic heterocycles. The zero-order valence-corrected chi connectivity index (χ0v) is 20.1. The standard InChI is InChI=1S/C25H27F2N5O2S/c26-18-10-12-19(13-11-18)32-24(20-7-3-4-8-21(20)27)29-30-25(32)35-17-22(33)28-14-6-16-31-15-5-1-2-9-23(31)34/h3-4,7-8,10-13H,1-2,5-6,9,14-17H2,(H,28,33).